The largest absolute Gasteiger partial charge is 0.356 e. The van der Waals surface area contributed by atoms with Crippen LogP contribution in [0.15, 0.2) is 40.7 Å². The maximum absolute atomic E-state index is 13.6. The number of amides is 1. The number of carbonyl (C=O) groups excluding carboxylic acids is 1. The lowest BCUT2D eigenvalue weighted by Crippen LogP contribution is -2.46. The van der Waals surface area contributed by atoms with Gasteiger partial charge in [-0.05, 0) is 68.4 Å². The number of thiophene rings is 1. The number of rotatable bonds is 7. The smallest absolute Gasteiger partial charge is 0.251 e. The number of guanidine groups is 1. The molecule has 6 nitrogen and oxygen atoms in total. The van der Waals surface area contributed by atoms with Gasteiger partial charge in [-0.25, -0.2) is 4.39 Å². The Balaban J connectivity index is 1.44. The molecule has 1 fully saturated rings. The molecule has 0 bridgehead atoms. The zero-order valence-electron chi connectivity index (χ0n) is 18.5. The van der Waals surface area contributed by atoms with E-state index in [-0.39, 0.29) is 11.7 Å². The van der Waals surface area contributed by atoms with Gasteiger partial charge in [-0.3, -0.25) is 14.7 Å². The first-order valence-electron chi connectivity index (χ1n) is 10.7. The van der Waals surface area contributed by atoms with Gasteiger partial charge in [0.05, 0.1) is 0 Å². The maximum atomic E-state index is 13.6. The molecule has 168 valence electrons. The Morgan fingerprint density at radius 3 is 2.77 bits per heavy atom. The van der Waals surface area contributed by atoms with Gasteiger partial charge in [0.15, 0.2) is 5.96 Å². The summed E-state index contributed by atoms with van der Waals surface area (Å²) in [5.74, 6) is 0.568. The monoisotopic (exact) mass is 445 g/mol. The van der Waals surface area contributed by atoms with Crippen LogP contribution in [0.4, 0.5) is 4.39 Å². The van der Waals surface area contributed by atoms with Crippen molar-refractivity contribution in [1.29, 1.82) is 0 Å². The van der Waals surface area contributed by atoms with Gasteiger partial charge in [0.1, 0.15) is 5.82 Å². The lowest BCUT2D eigenvalue weighted by atomic mass is 9.88. The van der Waals surface area contributed by atoms with Gasteiger partial charge in [-0.15, -0.1) is 11.3 Å². The Kier molecular flexibility index (Phi) is 8.43. The van der Waals surface area contributed by atoms with E-state index in [0.29, 0.717) is 42.1 Å². The molecule has 0 aliphatic carbocycles. The van der Waals surface area contributed by atoms with Crippen molar-refractivity contribution >= 4 is 23.2 Å². The topological polar surface area (TPSA) is 68.8 Å². The van der Waals surface area contributed by atoms with Gasteiger partial charge in [0.2, 0.25) is 0 Å². The number of piperidine rings is 1. The van der Waals surface area contributed by atoms with E-state index in [9.17, 15) is 9.18 Å². The number of hydrogen-bond donors (Lipinski definition) is 3. The second-order valence-corrected chi connectivity index (χ2v) is 8.92. The molecule has 31 heavy (non-hydrogen) atoms. The van der Waals surface area contributed by atoms with E-state index >= 15 is 0 Å². The van der Waals surface area contributed by atoms with Crippen molar-refractivity contribution < 1.29 is 9.18 Å². The zero-order chi connectivity index (χ0) is 22.2. The lowest BCUT2D eigenvalue weighted by Gasteiger charge is -2.39. The average molecular weight is 446 g/mol. The molecule has 3 N–H and O–H groups in total. The van der Waals surface area contributed by atoms with Crippen molar-refractivity contribution in [2.45, 2.75) is 25.8 Å². The number of hydrogen-bond acceptors (Lipinski definition) is 4. The van der Waals surface area contributed by atoms with E-state index in [4.69, 9.17) is 0 Å². The minimum Gasteiger partial charge on any atom is -0.356 e. The first kappa shape index (κ1) is 23.2. The number of nitrogens with zero attached hydrogens (tertiary/aromatic N) is 2. The van der Waals surface area contributed by atoms with Crippen LogP contribution in [0.5, 0.6) is 0 Å². The van der Waals surface area contributed by atoms with Crippen molar-refractivity contribution in [1.82, 2.24) is 20.9 Å². The highest BCUT2D eigenvalue weighted by atomic mass is 32.1. The van der Waals surface area contributed by atoms with Crippen LogP contribution in [0.2, 0.25) is 0 Å². The van der Waals surface area contributed by atoms with Crippen LogP contribution in [0.25, 0.3) is 0 Å². The number of carbonyl (C=O) groups is 1. The summed E-state index contributed by atoms with van der Waals surface area (Å²) in [5.41, 5.74) is 0.852. The highest BCUT2D eigenvalue weighted by Crippen LogP contribution is 2.36. The molecule has 0 spiro atoms. The number of benzene rings is 1. The molecular formula is C23H32FN5OS. The number of nitrogens with one attached hydrogen (secondary N) is 3. The number of aliphatic imine (C=N–C) groups is 1. The standard InChI is InChI=1S/C23H32FN5OS/c1-16-8-9-17(14-19(16)24)22(30)26-10-11-27-23(25-2)28-15-18-6-4-12-29(3)21(18)20-7-5-13-31-20/h5,7-9,13-14,18,21H,4,6,10-12,15H2,1-3H3,(H,26,30)(H2,25,27,28). The van der Waals surface area contributed by atoms with Crippen LogP contribution in [0, 0.1) is 18.7 Å². The molecule has 2 aromatic rings. The number of aryl methyl sites for hydroxylation is 1. The second-order valence-electron chi connectivity index (χ2n) is 7.94. The van der Waals surface area contributed by atoms with Crippen molar-refractivity contribution in [2.24, 2.45) is 10.9 Å². The molecule has 3 rings (SSSR count). The van der Waals surface area contributed by atoms with E-state index < -0.39 is 0 Å². The van der Waals surface area contributed by atoms with Crippen LogP contribution in [-0.2, 0) is 0 Å². The summed E-state index contributed by atoms with van der Waals surface area (Å²) >= 11 is 1.82. The Hall–Kier alpha value is -2.45. The molecule has 1 aromatic carbocycles. The van der Waals surface area contributed by atoms with Crippen LogP contribution in [-0.4, -0.2) is 57.0 Å². The first-order valence-corrected chi connectivity index (χ1v) is 11.6. The van der Waals surface area contributed by atoms with Crippen LogP contribution >= 0.6 is 11.3 Å². The van der Waals surface area contributed by atoms with E-state index in [2.05, 4.69) is 50.4 Å². The van der Waals surface area contributed by atoms with Crippen molar-refractivity contribution in [3.8, 4) is 0 Å². The average Bonchev–Trinajstić information content (AvgIpc) is 3.29. The first-order chi connectivity index (χ1) is 15.0. The van der Waals surface area contributed by atoms with Crippen LogP contribution < -0.4 is 16.0 Å². The minimum atomic E-state index is -0.371. The minimum absolute atomic E-state index is 0.285. The summed E-state index contributed by atoms with van der Waals surface area (Å²) in [4.78, 5) is 20.3. The van der Waals surface area contributed by atoms with E-state index in [1.165, 1.54) is 23.8 Å². The summed E-state index contributed by atoms with van der Waals surface area (Å²) in [5, 5.41) is 11.6. The predicted molar refractivity (Wildman–Crippen MR) is 125 cm³/mol. The van der Waals surface area contributed by atoms with Gasteiger partial charge in [-0.2, -0.15) is 0 Å². The summed E-state index contributed by atoms with van der Waals surface area (Å²) in [6.45, 7) is 4.57. The third-order valence-corrected chi connectivity index (χ3v) is 6.68. The molecule has 0 saturated carbocycles. The number of likely N-dealkylation sites (tertiary alicyclic amines) is 1. The molecule has 1 aliphatic rings. The molecule has 1 aliphatic heterocycles. The van der Waals surface area contributed by atoms with Gasteiger partial charge in [0.25, 0.3) is 5.91 Å². The molecule has 1 amide bonds. The van der Waals surface area contributed by atoms with E-state index in [1.54, 1.807) is 26.1 Å². The zero-order valence-corrected chi connectivity index (χ0v) is 19.3. The van der Waals surface area contributed by atoms with Gasteiger partial charge < -0.3 is 16.0 Å². The Morgan fingerprint density at radius 1 is 1.26 bits per heavy atom. The molecule has 1 aromatic heterocycles. The third kappa shape index (κ3) is 6.27. The fourth-order valence-corrected chi connectivity index (χ4v) is 5.01. The van der Waals surface area contributed by atoms with Gasteiger partial charge >= 0.3 is 0 Å². The molecule has 1 saturated heterocycles. The second kappa shape index (κ2) is 11.2. The van der Waals surface area contributed by atoms with E-state index in [1.807, 2.05) is 11.3 Å². The molecule has 2 heterocycles. The normalized spacial score (nSPS) is 19.8. The summed E-state index contributed by atoms with van der Waals surface area (Å²) in [7, 11) is 3.94. The summed E-state index contributed by atoms with van der Waals surface area (Å²) in [6, 6.07) is 9.28. The fourth-order valence-electron chi connectivity index (χ4n) is 4.02. The molecule has 2 unspecified atom stereocenters. The predicted octanol–water partition coefficient (Wildman–Crippen LogP) is 3.17. The van der Waals surface area contributed by atoms with Gasteiger partial charge in [-0.1, -0.05) is 12.1 Å². The molecule has 8 heteroatoms. The molecular weight excluding hydrogens is 413 g/mol. The quantitative estimate of drug-likeness (QED) is 0.348. The molecule has 2 atom stereocenters. The van der Waals surface area contributed by atoms with Crippen LogP contribution in [0.3, 0.4) is 0 Å². The van der Waals surface area contributed by atoms with Crippen LogP contribution in [0.1, 0.15) is 39.7 Å². The Labute approximate surface area is 187 Å². The van der Waals surface area contributed by atoms with E-state index in [0.717, 1.165) is 13.1 Å². The SMILES string of the molecule is CN=C(NCCNC(=O)c1ccc(C)c(F)c1)NCC1CCCN(C)C1c1cccs1. The summed E-state index contributed by atoms with van der Waals surface area (Å²) in [6.07, 6.45) is 2.38. The fraction of sp³-hybridized carbons (Fsp3) is 0.478. The van der Waals surface area contributed by atoms with Crippen molar-refractivity contribution in [3.05, 3.63) is 57.5 Å². The Morgan fingerprint density at radius 2 is 2.06 bits per heavy atom. The molecule has 0 radical (unpaired) electrons. The van der Waals surface area contributed by atoms with Crippen molar-refractivity contribution in [3.63, 3.8) is 0 Å². The van der Waals surface area contributed by atoms with Crippen molar-refractivity contribution in [2.75, 3.05) is 40.3 Å². The number of halogens is 1. The highest BCUT2D eigenvalue weighted by Gasteiger charge is 2.31. The van der Waals surface area contributed by atoms with Gasteiger partial charge in [0, 0.05) is 43.2 Å². The highest BCUT2D eigenvalue weighted by molar-refractivity contribution is 7.10. The maximum Gasteiger partial charge on any atom is 0.251 e. The lowest BCUT2D eigenvalue weighted by molar-refractivity contribution is 0.0954. The summed E-state index contributed by atoms with van der Waals surface area (Å²) < 4.78 is 13.6. The third-order valence-electron chi connectivity index (χ3n) is 5.73. The Bertz CT molecular complexity index is 886.